The summed E-state index contributed by atoms with van der Waals surface area (Å²) < 4.78 is 0. The molecule has 0 fully saturated rings. The molecule has 1 aliphatic rings. The van der Waals surface area contributed by atoms with Gasteiger partial charge in [0.05, 0.1) is 0 Å². The van der Waals surface area contributed by atoms with E-state index in [1.807, 2.05) is 36.5 Å². The lowest BCUT2D eigenvalue weighted by atomic mass is 10.2. The van der Waals surface area contributed by atoms with Crippen molar-refractivity contribution in [3.8, 4) is 0 Å². The molecule has 0 bridgehead atoms. The van der Waals surface area contributed by atoms with E-state index >= 15 is 0 Å². The van der Waals surface area contributed by atoms with Gasteiger partial charge in [0, 0.05) is 26.0 Å². The summed E-state index contributed by atoms with van der Waals surface area (Å²) in [6.45, 7) is 0.610. The fourth-order valence-electron chi connectivity index (χ4n) is 1.84. The summed E-state index contributed by atoms with van der Waals surface area (Å²) in [5.41, 5.74) is 1.11. The number of rotatable bonds is 3. The van der Waals surface area contributed by atoms with Crippen LogP contribution in [0.25, 0.3) is 0 Å². The largest absolute Gasteiger partial charge is 0.478 e. The fraction of sp³-hybridized carbons (Fsp3) is 0.250. The maximum Gasteiger partial charge on any atom is 0.347 e. The van der Waals surface area contributed by atoms with Crippen molar-refractivity contribution in [2.45, 2.75) is 12.7 Å². The summed E-state index contributed by atoms with van der Waals surface area (Å²) >= 11 is 0. The van der Waals surface area contributed by atoms with Crippen LogP contribution in [0.1, 0.15) is 5.56 Å². The predicted molar refractivity (Wildman–Crippen MR) is 60.3 cm³/mol. The standard InChI is InChI=1S/C12H14N2O2/c1-13-7-8-14(11(13)12(15)16)9-10-5-3-2-4-6-10/h2-8,11H,9H2,1H3,(H,15,16). The number of nitrogens with zero attached hydrogens (tertiary/aromatic N) is 2. The van der Waals surface area contributed by atoms with Crippen LogP contribution in [-0.2, 0) is 11.3 Å². The second-order valence-corrected chi connectivity index (χ2v) is 3.83. The molecule has 1 aromatic rings. The zero-order chi connectivity index (χ0) is 11.5. The summed E-state index contributed by atoms with van der Waals surface area (Å²) in [5, 5.41) is 9.11. The number of benzene rings is 1. The van der Waals surface area contributed by atoms with Crippen LogP contribution in [0.3, 0.4) is 0 Å². The third-order valence-corrected chi connectivity index (χ3v) is 2.62. The van der Waals surface area contributed by atoms with E-state index in [1.165, 1.54) is 0 Å². The minimum absolute atomic E-state index is 0.597. The highest BCUT2D eigenvalue weighted by Gasteiger charge is 2.30. The van der Waals surface area contributed by atoms with Crippen LogP contribution in [0, 0.1) is 0 Å². The van der Waals surface area contributed by atoms with Crippen LogP contribution in [0.2, 0.25) is 0 Å². The van der Waals surface area contributed by atoms with Crippen molar-refractivity contribution in [1.29, 1.82) is 0 Å². The average molecular weight is 218 g/mol. The van der Waals surface area contributed by atoms with Crippen molar-refractivity contribution in [3.05, 3.63) is 48.3 Å². The summed E-state index contributed by atoms with van der Waals surface area (Å²) in [5.74, 6) is -0.830. The Hall–Kier alpha value is -1.97. The number of likely N-dealkylation sites (N-methyl/N-ethyl adjacent to an activating group) is 1. The van der Waals surface area contributed by atoms with Crippen molar-refractivity contribution in [2.75, 3.05) is 7.05 Å². The molecule has 16 heavy (non-hydrogen) atoms. The lowest BCUT2D eigenvalue weighted by Gasteiger charge is -2.26. The number of carbonyl (C=O) groups is 1. The Bertz CT molecular complexity index is 403. The molecule has 0 spiro atoms. The van der Waals surface area contributed by atoms with E-state index in [-0.39, 0.29) is 0 Å². The highest BCUT2D eigenvalue weighted by Crippen LogP contribution is 2.17. The molecule has 84 valence electrons. The molecule has 0 saturated heterocycles. The molecule has 1 unspecified atom stereocenters. The van der Waals surface area contributed by atoms with E-state index in [0.717, 1.165) is 5.56 Å². The molecule has 4 heteroatoms. The van der Waals surface area contributed by atoms with Crippen molar-refractivity contribution >= 4 is 5.97 Å². The van der Waals surface area contributed by atoms with Gasteiger partial charge in [0.15, 0.2) is 0 Å². The van der Waals surface area contributed by atoms with Crippen LogP contribution < -0.4 is 0 Å². The third-order valence-electron chi connectivity index (χ3n) is 2.62. The van der Waals surface area contributed by atoms with E-state index in [2.05, 4.69) is 0 Å². The highest BCUT2D eigenvalue weighted by atomic mass is 16.4. The van der Waals surface area contributed by atoms with E-state index in [9.17, 15) is 4.79 Å². The molecule has 1 atom stereocenters. The first kappa shape index (κ1) is 10.5. The fourth-order valence-corrected chi connectivity index (χ4v) is 1.84. The minimum Gasteiger partial charge on any atom is -0.478 e. The molecular formula is C12H14N2O2. The Balaban J connectivity index is 2.11. The van der Waals surface area contributed by atoms with Gasteiger partial charge in [-0.3, -0.25) is 0 Å². The van der Waals surface area contributed by atoms with Gasteiger partial charge in [-0.15, -0.1) is 0 Å². The Morgan fingerprint density at radius 3 is 2.62 bits per heavy atom. The molecule has 1 aliphatic heterocycles. The van der Waals surface area contributed by atoms with E-state index in [4.69, 9.17) is 5.11 Å². The Labute approximate surface area is 94.4 Å². The number of hydrogen-bond donors (Lipinski definition) is 1. The zero-order valence-corrected chi connectivity index (χ0v) is 9.08. The molecule has 0 aliphatic carbocycles. The van der Waals surface area contributed by atoms with Gasteiger partial charge in [-0.05, 0) is 5.56 Å². The minimum atomic E-state index is -0.830. The second-order valence-electron chi connectivity index (χ2n) is 3.83. The first-order valence-corrected chi connectivity index (χ1v) is 5.11. The van der Waals surface area contributed by atoms with Crippen LogP contribution in [0.4, 0.5) is 0 Å². The Morgan fingerprint density at radius 1 is 1.31 bits per heavy atom. The van der Waals surface area contributed by atoms with E-state index < -0.39 is 12.1 Å². The maximum atomic E-state index is 11.1. The van der Waals surface area contributed by atoms with Crippen molar-refractivity contribution < 1.29 is 9.90 Å². The number of carboxylic acid groups (broad SMARTS) is 1. The van der Waals surface area contributed by atoms with Gasteiger partial charge in [0.1, 0.15) is 0 Å². The van der Waals surface area contributed by atoms with E-state index in [0.29, 0.717) is 6.54 Å². The maximum absolute atomic E-state index is 11.1. The second kappa shape index (κ2) is 4.26. The van der Waals surface area contributed by atoms with Crippen LogP contribution in [-0.4, -0.2) is 34.1 Å². The molecule has 2 rings (SSSR count). The van der Waals surface area contributed by atoms with Gasteiger partial charge in [0.2, 0.25) is 6.17 Å². The summed E-state index contributed by atoms with van der Waals surface area (Å²) in [6.07, 6.45) is 2.99. The van der Waals surface area contributed by atoms with Gasteiger partial charge in [-0.2, -0.15) is 0 Å². The first-order chi connectivity index (χ1) is 7.68. The molecule has 0 aromatic heterocycles. The molecule has 0 radical (unpaired) electrons. The van der Waals surface area contributed by atoms with Gasteiger partial charge in [-0.1, -0.05) is 30.3 Å². The van der Waals surface area contributed by atoms with Gasteiger partial charge < -0.3 is 14.9 Å². The number of aliphatic carboxylic acids is 1. The Kier molecular flexibility index (Phi) is 2.81. The van der Waals surface area contributed by atoms with Crippen LogP contribution in [0.15, 0.2) is 42.7 Å². The number of carboxylic acids is 1. The van der Waals surface area contributed by atoms with E-state index in [1.54, 1.807) is 23.0 Å². The van der Waals surface area contributed by atoms with Crippen molar-refractivity contribution in [3.63, 3.8) is 0 Å². The smallest absolute Gasteiger partial charge is 0.347 e. The van der Waals surface area contributed by atoms with Gasteiger partial charge in [0.25, 0.3) is 0 Å². The quantitative estimate of drug-likeness (QED) is 0.831. The molecule has 1 heterocycles. The monoisotopic (exact) mass is 218 g/mol. The average Bonchev–Trinajstić information content (AvgIpc) is 2.61. The lowest BCUT2D eigenvalue weighted by Crippen LogP contribution is -2.42. The van der Waals surface area contributed by atoms with Crippen LogP contribution >= 0.6 is 0 Å². The van der Waals surface area contributed by atoms with Crippen molar-refractivity contribution in [1.82, 2.24) is 9.80 Å². The molecular weight excluding hydrogens is 204 g/mol. The predicted octanol–water partition coefficient (Wildman–Crippen LogP) is 1.32. The molecule has 1 N–H and O–H groups in total. The first-order valence-electron chi connectivity index (χ1n) is 5.11. The lowest BCUT2D eigenvalue weighted by molar-refractivity contribution is -0.146. The summed E-state index contributed by atoms with van der Waals surface area (Å²) in [6, 6.07) is 9.84. The molecule has 4 nitrogen and oxygen atoms in total. The summed E-state index contributed by atoms with van der Waals surface area (Å²) in [4.78, 5) is 14.6. The third kappa shape index (κ3) is 2.00. The zero-order valence-electron chi connectivity index (χ0n) is 9.08. The number of hydrogen-bond acceptors (Lipinski definition) is 3. The van der Waals surface area contributed by atoms with Crippen LogP contribution in [0.5, 0.6) is 0 Å². The summed E-state index contributed by atoms with van der Waals surface area (Å²) in [7, 11) is 1.76. The topological polar surface area (TPSA) is 43.8 Å². The molecule has 0 saturated carbocycles. The highest BCUT2D eigenvalue weighted by molar-refractivity contribution is 5.73. The Morgan fingerprint density at radius 2 is 2.00 bits per heavy atom. The normalized spacial score (nSPS) is 19.2. The van der Waals surface area contributed by atoms with Gasteiger partial charge in [-0.25, -0.2) is 4.79 Å². The molecule has 0 amide bonds. The van der Waals surface area contributed by atoms with Crippen molar-refractivity contribution in [2.24, 2.45) is 0 Å². The van der Waals surface area contributed by atoms with Gasteiger partial charge >= 0.3 is 5.97 Å². The SMILES string of the molecule is CN1C=CN(Cc2ccccc2)C1C(=O)O. The molecule has 1 aromatic carbocycles.